The molecule has 0 aliphatic carbocycles. The van der Waals surface area contributed by atoms with Crippen LogP contribution in [0.2, 0.25) is 0 Å². The first kappa shape index (κ1) is 9.96. The van der Waals surface area contributed by atoms with Crippen molar-refractivity contribution in [2.24, 2.45) is 11.7 Å². The van der Waals surface area contributed by atoms with Crippen LogP contribution in [0.1, 0.15) is 12.8 Å². The molecule has 1 heterocycles. The lowest BCUT2D eigenvalue weighted by atomic mass is 10.1. The molecule has 72 valence electrons. The first-order valence-electron chi connectivity index (χ1n) is 4.79. The average Bonchev–Trinajstić information content (AvgIpc) is 2.53. The minimum atomic E-state index is 0.757. The van der Waals surface area contributed by atoms with E-state index in [9.17, 15) is 0 Å². The Morgan fingerprint density at radius 2 is 2.42 bits per heavy atom. The molecule has 1 fully saturated rings. The monoisotopic (exact) mass is 172 g/mol. The molecule has 3 nitrogen and oxygen atoms in total. The molecular weight excluding hydrogens is 152 g/mol. The molecule has 1 aliphatic rings. The number of hydrogen-bond acceptors (Lipinski definition) is 3. The Labute approximate surface area is 74.9 Å². The molecule has 0 spiro atoms. The summed E-state index contributed by atoms with van der Waals surface area (Å²) in [6, 6.07) is 0. The maximum absolute atomic E-state index is 5.43. The van der Waals surface area contributed by atoms with E-state index in [-0.39, 0.29) is 0 Å². The summed E-state index contributed by atoms with van der Waals surface area (Å²) in [5, 5.41) is 0. The minimum Gasteiger partial charge on any atom is -0.381 e. The van der Waals surface area contributed by atoms with Crippen LogP contribution in [0.3, 0.4) is 0 Å². The van der Waals surface area contributed by atoms with Gasteiger partial charge in [-0.25, -0.2) is 0 Å². The summed E-state index contributed by atoms with van der Waals surface area (Å²) in [4.78, 5) is 2.35. The number of ether oxygens (including phenoxy) is 1. The Hall–Kier alpha value is -0.120. The van der Waals surface area contributed by atoms with Gasteiger partial charge in [-0.2, -0.15) is 0 Å². The third-order valence-corrected chi connectivity index (χ3v) is 2.34. The fraction of sp³-hybridized carbons (Fsp3) is 1.00. The Bertz CT molecular complexity index is 113. The zero-order valence-corrected chi connectivity index (χ0v) is 7.96. The summed E-state index contributed by atoms with van der Waals surface area (Å²) in [6.07, 6.45) is 2.33. The van der Waals surface area contributed by atoms with Crippen molar-refractivity contribution in [1.29, 1.82) is 0 Å². The Kier molecular flexibility index (Phi) is 4.58. The van der Waals surface area contributed by atoms with Gasteiger partial charge in [0.1, 0.15) is 0 Å². The van der Waals surface area contributed by atoms with Gasteiger partial charge < -0.3 is 15.4 Å². The SMILES string of the molecule is CN(CCCN)CC1CCOC1. The van der Waals surface area contributed by atoms with Crippen LogP contribution < -0.4 is 5.73 Å². The standard InChI is InChI=1S/C9H20N2O/c1-11(5-2-4-10)7-9-3-6-12-8-9/h9H,2-8,10H2,1H3. The number of nitrogens with zero attached hydrogens (tertiary/aromatic N) is 1. The van der Waals surface area contributed by atoms with E-state index in [0.29, 0.717) is 0 Å². The van der Waals surface area contributed by atoms with Gasteiger partial charge in [-0.1, -0.05) is 0 Å². The van der Waals surface area contributed by atoms with Gasteiger partial charge in [0.2, 0.25) is 0 Å². The summed E-state index contributed by atoms with van der Waals surface area (Å²) in [5.41, 5.74) is 5.43. The average molecular weight is 172 g/mol. The Morgan fingerprint density at radius 3 is 3.00 bits per heavy atom. The second kappa shape index (κ2) is 5.51. The molecule has 12 heavy (non-hydrogen) atoms. The largest absolute Gasteiger partial charge is 0.381 e. The molecule has 0 aromatic carbocycles. The van der Waals surface area contributed by atoms with Gasteiger partial charge >= 0.3 is 0 Å². The number of hydrogen-bond donors (Lipinski definition) is 1. The van der Waals surface area contributed by atoms with Crippen LogP contribution in [0.25, 0.3) is 0 Å². The van der Waals surface area contributed by atoms with Gasteiger partial charge in [-0.3, -0.25) is 0 Å². The van der Waals surface area contributed by atoms with Crippen molar-refractivity contribution in [2.75, 3.05) is 39.9 Å². The Balaban J connectivity index is 2.03. The Morgan fingerprint density at radius 1 is 1.58 bits per heavy atom. The third kappa shape index (κ3) is 3.52. The predicted molar refractivity (Wildman–Crippen MR) is 50.1 cm³/mol. The maximum atomic E-state index is 5.43. The van der Waals surface area contributed by atoms with Crippen LogP contribution in [0.4, 0.5) is 0 Å². The van der Waals surface area contributed by atoms with Crippen molar-refractivity contribution >= 4 is 0 Å². The first-order chi connectivity index (χ1) is 5.83. The molecule has 1 saturated heterocycles. The van der Waals surface area contributed by atoms with Crippen molar-refractivity contribution in [1.82, 2.24) is 4.90 Å². The fourth-order valence-electron chi connectivity index (χ4n) is 1.62. The lowest BCUT2D eigenvalue weighted by Crippen LogP contribution is -2.28. The molecule has 1 atom stereocenters. The van der Waals surface area contributed by atoms with Gasteiger partial charge in [-0.15, -0.1) is 0 Å². The van der Waals surface area contributed by atoms with Crippen molar-refractivity contribution in [3.63, 3.8) is 0 Å². The van der Waals surface area contributed by atoms with Gasteiger partial charge in [-0.05, 0) is 38.9 Å². The number of rotatable bonds is 5. The molecule has 0 saturated carbocycles. The van der Waals surface area contributed by atoms with E-state index >= 15 is 0 Å². The van der Waals surface area contributed by atoms with Crippen LogP contribution in [0, 0.1) is 5.92 Å². The zero-order valence-electron chi connectivity index (χ0n) is 7.96. The highest BCUT2D eigenvalue weighted by Gasteiger charge is 2.16. The highest BCUT2D eigenvalue weighted by molar-refractivity contribution is 4.67. The van der Waals surface area contributed by atoms with Gasteiger partial charge in [0.05, 0.1) is 6.61 Å². The van der Waals surface area contributed by atoms with Gasteiger partial charge in [0.25, 0.3) is 0 Å². The molecule has 0 bridgehead atoms. The van der Waals surface area contributed by atoms with Gasteiger partial charge in [0.15, 0.2) is 0 Å². The molecule has 0 amide bonds. The van der Waals surface area contributed by atoms with Crippen LogP contribution in [-0.2, 0) is 4.74 Å². The van der Waals surface area contributed by atoms with E-state index in [0.717, 1.165) is 38.6 Å². The lowest BCUT2D eigenvalue weighted by molar-refractivity contribution is 0.174. The molecule has 1 unspecified atom stereocenters. The molecule has 1 rings (SSSR count). The summed E-state index contributed by atoms with van der Waals surface area (Å²) < 4.78 is 5.31. The second-order valence-corrected chi connectivity index (χ2v) is 3.63. The van der Waals surface area contributed by atoms with Crippen LogP contribution >= 0.6 is 0 Å². The normalized spacial score (nSPS) is 23.8. The number of nitrogens with two attached hydrogens (primary N) is 1. The zero-order chi connectivity index (χ0) is 8.81. The lowest BCUT2D eigenvalue weighted by Gasteiger charge is -2.19. The predicted octanol–water partition coefficient (Wildman–Crippen LogP) is 0.303. The quantitative estimate of drug-likeness (QED) is 0.648. The van der Waals surface area contributed by atoms with E-state index in [1.54, 1.807) is 0 Å². The molecule has 2 N–H and O–H groups in total. The van der Waals surface area contributed by atoms with E-state index in [2.05, 4.69) is 11.9 Å². The van der Waals surface area contributed by atoms with Crippen molar-refractivity contribution in [2.45, 2.75) is 12.8 Å². The van der Waals surface area contributed by atoms with E-state index in [1.165, 1.54) is 13.0 Å². The van der Waals surface area contributed by atoms with Crippen LogP contribution in [-0.4, -0.2) is 44.8 Å². The van der Waals surface area contributed by atoms with Crippen molar-refractivity contribution < 1.29 is 4.74 Å². The second-order valence-electron chi connectivity index (χ2n) is 3.63. The minimum absolute atomic E-state index is 0.757. The molecule has 0 radical (unpaired) electrons. The summed E-state index contributed by atoms with van der Waals surface area (Å²) in [5.74, 6) is 0.757. The molecule has 1 aliphatic heterocycles. The van der Waals surface area contributed by atoms with E-state index in [4.69, 9.17) is 10.5 Å². The molecule has 3 heteroatoms. The van der Waals surface area contributed by atoms with E-state index in [1.807, 2.05) is 0 Å². The van der Waals surface area contributed by atoms with Gasteiger partial charge in [0, 0.05) is 13.2 Å². The molecule has 0 aromatic rings. The van der Waals surface area contributed by atoms with Crippen molar-refractivity contribution in [3.8, 4) is 0 Å². The van der Waals surface area contributed by atoms with Crippen LogP contribution in [0.5, 0.6) is 0 Å². The summed E-state index contributed by atoms with van der Waals surface area (Å²) in [6.45, 7) is 4.99. The fourth-order valence-corrected chi connectivity index (χ4v) is 1.62. The van der Waals surface area contributed by atoms with E-state index < -0.39 is 0 Å². The highest BCUT2D eigenvalue weighted by Crippen LogP contribution is 2.12. The third-order valence-electron chi connectivity index (χ3n) is 2.34. The topological polar surface area (TPSA) is 38.5 Å². The molecule has 0 aromatic heterocycles. The summed E-state index contributed by atoms with van der Waals surface area (Å²) in [7, 11) is 2.16. The molecular formula is C9H20N2O. The maximum Gasteiger partial charge on any atom is 0.0507 e. The smallest absolute Gasteiger partial charge is 0.0507 e. The highest BCUT2D eigenvalue weighted by atomic mass is 16.5. The van der Waals surface area contributed by atoms with Crippen molar-refractivity contribution in [3.05, 3.63) is 0 Å². The summed E-state index contributed by atoms with van der Waals surface area (Å²) >= 11 is 0. The van der Waals surface area contributed by atoms with Crippen LogP contribution in [0.15, 0.2) is 0 Å². The first-order valence-corrected chi connectivity index (χ1v) is 4.79.